The first-order chi connectivity index (χ1) is 14.4. The predicted molar refractivity (Wildman–Crippen MR) is 138 cm³/mol. The first-order valence-corrected chi connectivity index (χ1v) is 12.2. The Morgan fingerprint density at radius 3 is 2.52 bits per heavy atom. The minimum absolute atomic E-state index is 0. The molecule has 0 spiro atoms. The summed E-state index contributed by atoms with van der Waals surface area (Å²) in [5.41, 5.74) is 3.43. The molecule has 0 aliphatic rings. The second kappa shape index (κ2) is 12.4. The lowest BCUT2D eigenvalue weighted by molar-refractivity contribution is -0.118. The molecule has 0 radical (unpaired) electrons. The molecule has 0 saturated heterocycles. The van der Waals surface area contributed by atoms with Gasteiger partial charge in [-0.2, -0.15) is 0 Å². The van der Waals surface area contributed by atoms with Crippen molar-refractivity contribution in [2.24, 2.45) is 0 Å². The van der Waals surface area contributed by atoms with Gasteiger partial charge in [0.15, 0.2) is 5.13 Å². The molecule has 0 unspecified atom stereocenters. The van der Waals surface area contributed by atoms with E-state index in [4.69, 9.17) is 4.98 Å². The Bertz CT molecular complexity index is 976. The Morgan fingerprint density at radius 1 is 1.06 bits per heavy atom. The Balaban J connectivity index is 0.00000341. The highest BCUT2D eigenvalue weighted by molar-refractivity contribution is 7.99. The normalized spacial score (nSPS) is 11.0. The lowest BCUT2D eigenvalue weighted by atomic mass is 10.1. The fraction of sp³-hybridized carbons (Fsp3) is 0.417. The van der Waals surface area contributed by atoms with Crippen LogP contribution in [0.4, 0.5) is 5.13 Å². The van der Waals surface area contributed by atoms with Crippen molar-refractivity contribution in [1.82, 2.24) is 9.88 Å². The summed E-state index contributed by atoms with van der Waals surface area (Å²) in [4.78, 5) is 23.3. The van der Waals surface area contributed by atoms with Crippen LogP contribution in [0.3, 0.4) is 0 Å². The van der Waals surface area contributed by atoms with Gasteiger partial charge in [-0.1, -0.05) is 35.6 Å². The summed E-state index contributed by atoms with van der Waals surface area (Å²) < 4.78 is 1.16. The van der Waals surface area contributed by atoms with E-state index >= 15 is 0 Å². The zero-order chi connectivity index (χ0) is 21.5. The Kier molecular flexibility index (Phi) is 10.3. The number of carbonyl (C=O) groups excluding carboxylic acids is 1. The fourth-order valence-corrected chi connectivity index (χ4v) is 5.47. The van der Waals surface area contributed by atoms with Gasteiger partial charge in [-0.25, -0.2) is 4.98 Å². The van der Waals surface area contributed by atoms with Gasteiger partial charge in [-0.15, -0.1) is 24.2 Å². The molecular weight excluding hydrogens is 446 g/mol. The van der Waals surface area contributed by atoms with Crippen molar-refractivity contribution in [3.05, 3.63) is 53.6 Å². The molecule has 0 bridgehead atoms. The molecule has 1 heterocycles. The van der Waals surface area contributed by atoms with Gasteiger partial charge in [0.05, 0.1) is 10.2 Å². The lowest BCUT2D eigenvalue weighted by Gasteiger charge is -2.21. The van der Waals surface area contributed by atoms with Crippen molar-refractivity contribution in [1.29, 1.82) is 0 Å². The number of fused-ring (bicyclic) bond motifs is 1. The van der Waals surface area contributed by atoms with Crippen molar-refractivity contribution in [2.75, 3.05) is 37.8 Å². The van der Waals surface area contributed by atoms with Crippen LogP contribution in [-0.4, -0.2) is 48.7 Å². The minimum Gasteiger partial charge on any atom is -0.309 e. The van der Waals surface area contributed by atoms with E-state index in [-0.39, 0.29) is 18.3 Å². The number of rotatable bonds is 10. The second-order valence-corrected chi connectivity index (χ2v) is 10.1. The van der Waals surface area contributed by atoms with Gasteiger partial charge in [0.2, 0.25) is 5.91 Å². The molecule has 0 atom stereocenters. The summed E-state index contributed by atoms with van der Waals surface area (Å²) in [7, 11) is 4.13. The average Bonchev–Trinajstić information content (AvgIpc) is 3.13. The number of anilines is 1. The smallest absolute Gasteiger partial charge is 0.228 e. The quantitative estimate of drug-likeness (QED) is 0.257. The van der Waals surface area contributed by atoms with Gasteiger partial charge in [-0.3, -0.25) is 9.69 Å². The third kappa shape index (κ3) is 7.49. The summed E-state index contributed by atoms with van der Waals surface area (Å²) in [5.74, 6) is 1.12. The van der Waals surface area contributed by atoms with Crippen molar-refractivity contribution < 1.29 is 4.79 Å². The SMILES string of the molecule is Cc1cc(C)c2nc(N(CCCN(C)C)C(=O)CCCSc3ccccc3)sc2c1.Cl. The van der Waals surface area contributed by atoms with Crippen LogP contribution in [0.2, 0.25) is 0 Å². The largest absolute Gasteiger partial charge is 0.309 e. The Labute approximate surface area is 200 Å². The maximum absolute atomic E-state index is 13.1. The number of nitrogens with zero attached hydrogens (tertiary/aromatic N) is 3. The minimum atomic E-state index is 0. The number of halogens is 1. The summed E-state index contributed by atoms with van der Waals surface area (Å²) in [6.07, 6.45) is 2.35. The highest BCUT2D eigenvalue weighted by Gasteiger charge is 2.20. The molecule has 3 aromatic rings. The van der Waals surface area contributed by atoms with E-state index in [0.717, 1.165) is 40.5 Å². The number of hydrogen-bond acceptors (Lipinski definition) is 5. The first kappa shape index (κ1) is 25.7. The molecule has 31 heavy (non-hydrogen) atoms. The standard InChI is InChI=1S/C24H31N3OS2.ClH/c1-18-16-19(2)23-21(17-18)30-24(25-23)27(14-9-13-26(3)4)22(28)12-8-15-29-20-10-6-5-7-11-20;/h5-7,10-11,16-17H,8-9,12-15H2,1-4H3;1H. The maximum atomic E-state index is 13.1. The zero-order valence-corrected chi connectivity index (χ0v) is 21.2. The molecule has 7 heteroatoms. The highest BCUT2D eigenvalue weighted by atomic mass is 35.5. The number of aromatic nitrogens is 1. The molecule has 168 valence electrons. The summed E-state index contributed by atoms with van der Waals surface area (Å²) >= 11 is 3.44. The van der Waals surface area contributed by atoms with E-state index in [9.17, 15) is 4.79 Å². The van der Waals surface area contributed by atoms with E-state index in [1.807, 2.05) is 22.7 Å². The molecule has 0 aliphatic carbocycles. The topological polar surface area (TPSA) is 36.4 Å². The molecule has 1 aromatic heterocycles. The van der Waals surface area contributed by atoms with Gasteiger partial charge < -0.3 is 4.90 Å². The first-order valence-electron chi connectivity index (χ1n) is 10.4. The maximum Gasteiger partial charge on any atom is 0.228 e. The Morgan fingerprint density at radius 2 is 1.81 bits per heavy atom. The van der Waals surface area contributed by atoms with Crippen LogP contribution < -0.4 is 4.90 Å². The second-order valence-electron chi connectivity index (χ2n) is 7.89. The number of amides is 1. The van der Waals surface area contributed by atoms with Crippen LogP contribution in [0.5, 0.6) is 0 Å². The van der Waals surface area contributed by atoms with E-state index in [0.29, 0.717) is 13.0 Å². The molecular formula is C24H32ClN3OS2. The number of thioether (sulfide) groups is 1. The van der Waals surface area contributed by atoms with Crippen molar-refractivity contribution in [2.45, 2.75) is 38.0 Å². The fourth-order valence-electron chi connectivity index (χ4n) is 3.41. The summed E-state index contributed by atoms with van der Waals surface area (Å²) in [6, 6.07) is 14.7. The number of hydrogen-bond donors (Lipinski definition) is 0. The van der Waals surface area contributed by atoms with E-state index in [1.165, 1.54) is 16.0 Å². The van der Waals surface area contributed by atoms with Gasteiger partial charge in [0.25, 0.3) is 0 Å². The summed E-state index contributed by atoms with van der Waals surface area (Å²) in [5, 5.41) is 0.832. The molecule has 2 aromatic carbocycles. The molecule has 0 fully saturated rings. The third-order valence-electron chi connectivity index (χ3n) is 4.88. The van der Waals surface area contributed by atoms with Crippen molar-refractivity contribution in [3.8, 4) is 0 Å². The molecule has 0 aliphatic heterocycles. The van der Waals surface area contributed by atoms with Gasteiger partial charge in [0, 0.05) is 17.9 Å². The van der Waals surface area contributed by atoms with Crippen molar-refractivity contribution >= 4 is 56.8 Å². The van der Waals surface area contributed by atoms with Crippen molar-refractivity contribution in [3.63, 3.8) is 0 Å². The average molecular weight is 478 g/mol. The van der Waals surface area contributed by atoms with E-state index in [1.54, 1.807) is 11.3 Å². The number of thiazole rings is 1. The molecule has 3 rings (SSSR count). The predicted octanol–water partition coefficient (Wildman–Crippen LogP) is 6.19. The molecule has 0 saturated carbocycles. The van der Waals surface area contributed by atoms with E-state index in [2.05, 4.69) is 69.2 Å². The van der Waals surface area contributed by atoms with Crippen LogP contribution in [0, 0.1) is 13.8 Å². The summed E-state index contributed by atoms with van der Waals surface area (Å²) in [6.45, 7) is 5.87. The van der Waals surface area contributed by atoms with Crippen LogP contribution in [0.15, 0.2) is 47.4 Å². The highest BCUT2D eigenvalue weighted by Crippen LogP contribution is 2.32. The van der Waals surface area contributed by atoms with Crippen LogP contribution >= 0.6 is 35.5 Å². The zero-order valence-electron chi connectivity index (χ0n) is 18.8. The number of aryl methyl sites for hydroxylation is 2. The molecule has 4 nitrogen and oxygen atoms in total. The van der Waals surface area contributed by atoms with E-state index < -0.39 is 0 Å². The van der Waals surface area contributed by atoms with Gasteiger partial charge >= 0.3 is 0 Å². The Hall–Kier alpha value is -1.60. The monoisotopic (exact) mass is 477 g/mol. The van der Waals surface area contributed by atoms with Crippen LogP contribution in [-0.2, 0) is 4.79 Å². The molecule has 1 amide bonds. The van der Waals surface area contributed by atoms with Crippen LogP contribution in [0.25, 0.3) is 10.2 Å². The van der Waals surface area contributed by atoms with Gasteiger partial charge in [0.1, 0.15) is 0 Å². The number of benzene rings is 2. The molecule has 0 N–H and O–H groups in total. The number of carbonyl (C=O) groups is 1. The third-order valence-corrected chi connectivity index (χ3v) is 7.01. The van der Waals surface area contributed by atoms with Crippen LogP contribution in [0.1, 0.15) is 30.4 Å². The lowest BCUT2D eigenvalue weighted by Crippen LogP contribution is -2.33. The van der Waals surface area contributed by atoms with Gasteiger partial charge in [-0.05, 0) is 82.4 Å².